The maximum absolute atomic E-state index is 12.3. The average molecular weight is 309 g/mol. The van der Waals surface area contributed by atoms with Crippen LogP contribution >= 0.6 is 11.6 Å². The molecule has 1 aliphatic rings. The van der Waals surface area contributed by atoms with Crippen molar-refractivity contribution in [1.29, 1.82) is 5.26 Å². The van der Waals surface area contributed by atoms with Gasteiger partial charge in [0.1, 0.15) is 5.92 Å². The summed E-state index contributed by atoms with van der Waals surface area (Å²) in [6, 6.07) is 19.0. The lowest BCUT2D eigenvalue weighted by molar-refractivity contribution is -0.122. The van der Waals surface area contributed by atoms with E-state index in [0.29, 0.717) is 10.7 Å². The molecule has 0 aromatic heterocycles. The van der Waals surface area contributed by atoms with Crippen molar-refractivity contribution in [3.8, 4) is 6.07 Å². The largest absolute Gasteiger partial charge is 0.325 e. The number of nitrogens with one attached hydrogen (secondary N) is 1. The molecule has 1 aliphatic heterocycles. The van der Waals surface area contributed by atoms with Gasteiger partial charge in [-0.05, 0) is 23.3 Å². The fourth-order valence-corrected chi connectivity index (χ4v) is 2.72. The molecule has 0 fully saturated rings. The van der Waals surface area contributed by atoms with Crippen molar-refractivity contribution >= 4 is 23.2 Å². The molecule has 0 bridgehead atoms. The van der Waals surface area contributed by atoms with Gasteiger partial charge in [0.15, 0.2) is 0 Å². The van der Waals surface area contributed by atoms with Gasteiger partial charge < -0.3 is 5.32 Å². The summed E-state index contributed by atoms with van der Waals surface area (Å²) in [7, 11) is 0. The first kappa shape index (κ1) is 14.4. The maximum Gasteiger partial charge on any atom is 0.242 e. The topological polar surface area (TPSA) is 52.9 Å². The highest BCUT2D eigenvalue weighted by molar-refractivity contribution is 6.30. The van der Waals surface area contributed by atoms with Crippen molar-refractivity contribution in [3.63, 3.8) is 0 Å². The number of nitriles is 1. The number of hydrogen-bond acceptors (Lipinski definition) is 2. The molecule has 1 amide bonds. The SMILES string of the molecule is N#CC1C(=O)NC(c2ccc(Cl)cc2)=CC1c1ccccc1. The van der Waals surface area contributed by atoms with Crippen LogP contribution in [0.1, 0.15) is 17.0 Å². The van der Waals surface area contributed by atoms with Gasteiger partial charge in [0, 0.05) is 16.6 Å². The molecule has 1 heterocycles. The minimum absolute atomic E-state index is 0.259. The summed E-state index contributed by atoms with van der Waals surface area (Å²) in [6.45, 7) is 0. The van der Waals surface area contributed by atoms with E-state index >= 15 is 0 Å². The summed E-state index contributed by atoms with van der Waals surface area (Å²) in [5, 5.41) is 12.8. The summed E-state index contributed by atoms with van der Waals surface area (Å²) >= 11 is 5.90. The molecule has 1 N–H and O–H groups in total. The Morgan fingerprint density at radius 1 is 1.05 bits per heavy atom. The highest BCUT2D eigenvalue weighted by atomic mass is 35.5. The lowest BCUT2D eigenvalue weighted by Gasteiger charge is -2.26. The Morgan fingerprint density at radius 3 is 2.36 bits per heavy atom. The predicted octanol–water partition coefficient (Wildman–Crippen LogP) is 3.73. The number of halogens is 1. The van der Waals surface area contributed by atoms with Crippen molar-refractivity contribution in [2.45, 2.75) is 5.92 Å². The Morgan fingerprint density at radius 2 is 1.73 bits per heavy atom. The molecule has 2 atom stereocenters. The molecule has 4 heteroatoms. The lowest BCUT2D eigenvalue weighted by Crippen LogP contribution is -2.36. The van der Waals surface area contributed by atoms with E-state index in [1.54, 1.807) is 12.1 Å². The average Bonchev–Trinajstić information content (AvgIpc) is 2.55. The standard InChI is InChI=1S/C18H13ClN2O/c19-14-8-6-13(7-9-14)17-10-15(12-4-2-1-3-5-12)16(11-20)18(22)21-17/h1-10,15-16H,(H,21,22). The molecule has 0 saturated heterocycles. The highest BCUT2D eigenvalue weighted by Gasteiger charge is 2.33. The quantitative estimate of drug-likeness (QED) is 0.919. The van der Waals surface area contributed by atoms with Crippen molar-refractivity contribution in [2.24, 2.45) is 5.92 Å². The Hall–Kier alpha value is -2.57. The molecule has 2 aromatic rings. The first-order valence-corrected chi connectivity index (χ1v) is 7.30. The second-order valence-electron chi connectivity index (χ2n) is 5.12. The first-order chi connectivity index (χ1) is 10.7. The van der Waals surface area contributed by atoms with Crippen LogP contribution in [-0.2, 0) is 4.79 Å². The number of carbonyl (C=O) groups excluding carboxylic acids is 1. The van der Waals surface area contributed by atoms with Gasteiger partial charge in [0.25, 0.3) is 0 Å². The molecule has 108 valence electrons. The van der Waals surface area contributed by atoms with Crippen molar-refractivity contribution < 1.29 is 4.79 Å². The molecular weight excluding hydrogens is 296 g/mol. The van der Waals surface area contributed by atoms with E-state index in [1.807, 2.05) is 48.5 Å². The zero-order valence-electron chi connectivity index (χ0n) is 11.7. The molecule has 0 saturated carbocycles. The number of hydrogen-bond donors (Lipinski definition) is 1. The molecule has 0 radical (unpaired) electrons. The van der Waals surface area contributed by atoms with Crippen LogP contribution in [0.3, 0.4) is 0 Å². The normalized spacial score (nSPS) is 20.7. The van der Waals surface area contributed by atoms with E-state index in [2.05, 4.69) is 11.4 Å². The maximum atomic E-state index is 12.3. The van der Waals surface area contributed by atoms with Crippen LogP contribution in [0.15, 0.2) is 60.7 Å². The van der Waals surface area contributed by atoms with Crippen molar-refractivity contribution in [3.05, 3.63) is 76.8 Å². The summed E-state index contributed by atoms with van der Waals surface area (Å²) in [4.78, 5) is 12.3. The number of rotatable bonds is 2. The van der Waals surface area contributed by atoms with Crippen LogP contribution in [0, 0.1) is 17.2 Å². The second-order valence-corrected chi connectivity index (χ2v) is 5.56. The molecule has 3 nitrogen and oxygen atoms in total. The van der Waals surface area contributed by atoms with E-state index in [1.165, 1.54) is 0 Å². The molecule has 0 aliphatic carbocycles. The third-order valence-corrected chi connectivity index (χ3v) is 3.98. The number of nitrogens with zero attached hydrogens (tertiary/aromatic N) is 1. The minimum atomic E-state index is -0.724. The lowest BCUT2D eigenvalue weighted by atomic mass is 9.82. The number of allylic oxidation sites excluding steroid dienone is 1. The Labute approximate surface area is 133 Å². The summed E-state index contributed by atoms with van der Waals surface area (Å²) in [5.41, 5.74) is 2.53. The van der Waals surface area contributed by atoms with Gasteiger partial charge in [-0.1, -0.05) is 60.1 Å². The van der Waals surface area contributed by atoms with Crippen LogP contribution in [0.25, 0.3) is 5.70 Å². The van der Waals surface area contributed by atoms with E-state index in [-0.39, 0.29) is 11.8 Å². The van der Waals surface area contributed by atoms with Gasteiger partial charge in [0.2, 0.25) is 5.91 Å². The molecule has 3 rings (SSSR count). The summed E-state index contributed by atoms with van der Waals surface area (Å²) in [5.74, 6) is -1.26. The van der Waals surface area contributed by atoms with E-state index in [9.17, 15) is 10.1 Å². The monoisotopic (exact) mass is 308 g/mol. The van der Waals surface area contributed by atoms with Crippen LogP contribution in [-0.4, -0.2) is 5.91 Å². The van der Waals surface area contributed by atoms with Gasteiger partial charge in [-0.25, -0.2) is 0 Å². The third-order valence-electron chi connectivity index (χ3n) is 3.72. The smallest absolute Gasteiger partial charge is 0.242 e. The Balaban J connectivity index is 2.05. The van der Waals surface area contributed by atoms with Crippen molar-refractivity contribution in [2.75, 3.05) is 0 Å². The van der Waals surface area contributed by atoms with Gasteiger partial charge >= 0.3 is 0 Å². The molecule has 2 aromatic carbocycles. The molecule has 22 heavy (non-hydrogen) atoms. The second kappa shape index (κ2) is 6.05. The number of benzene rings is 2. The minimum Gasteiger partial charge on any atom is -0.325 e. The number of amides is 1. The summed E-state index contributed by atoms with van der Waals surface area (Å²) in [6.07, 6.45) is 1.94. The van der Waals surface area contributed by atoms with Crippen LogP contribution in [0.5, 0.6) is 0 Å². The zero-order valence-corrected chi connectivity index (χ0v) is 12.4. The van der Waals surface area contributed by atoms with Gasteiger partial charge in [-0.3, -0.25) is 4.79 Å². The Bertz CT molecular complexity index is 760. The van der Waals surface area contributed by atoms with E-state index < -0.39 is 5.92 Å². The van der Waals surface area contributed by atoms with Crippen LogP contribution in [0.2, 0.25) is 5.02 Å². The predicted molar refractivity (Wildman–Crippen MR) is 85.9 cm³/mol. The molecule has 0 spiro atoms. The van der Waals surface area contributed by atoms with Crippen LogP contribution in [0.4, 0.5) is 0 Å². The highest BCUT2D eigenvalue weighted by Crippen LogP contribution is 2.33. The number of carbonyl (C=O) groups is 1. The first-order valence-electron chi connectivity index (χ1n) is 6.92. The summed E-state index contributed by atoms with van der Waals surface area (Å²) < 4.78 is 0. The molecular formula is C18H13ClN2O. The van der Waals surface area contributed by atoms with Gasteiger partial charge in [-0.15, -0.1) is 0 Å². The zero-order chi connectivity index (χ0) is 15.5. The molecule has 2 unspecified atom stereocenters. The fraction of sp³-hybridized carbons (Fsp3) is 0.111. The van der Waals surface area contributed by atoms with Gasteiger partial charge in [-0.2, -0.15) is 5.26 Å². The fourth-order valence-electron chi connectivity index (χ4n) is 2.59. The Kier molecular flexibility index (Phi) is 3.95. The van der Waals surface area contributed by atoms with E-state index in [0.717, 1.165) is 11.1 Å². The van der Waals surface area contributed by atoms with Crippen LogP contribution < -0.4 is 5.32 Å². The van der Waals surface area contributed by atoms with Gasteiger partial charge in [0.05, 0.1) is 6.07 Å². The van der Waals surface area contributed by atoms with E-state index in [4.69, 9.17) is 11.6 Å². The third kappa shape index (κ3) is 2.74. The van der Waals surface area contributed by atoms with Crippen molar-refractivity contribution in [1.82, 2.24) is 5.32 Å².